The molecule has 3 rings (SSSR count). The van der Waals surface area contributed by atoms with Crippen LogP contribution >= 0.6 is 39.1 Å². The van der Waals surface area contributed by atoms with E-state index in [-0.39, 0.29) is 11.4 Å². The first kappa shape index (κ1) is 25.5. The highest BCUT2D eigenvalue weighted by molar-refractivity contribution is 9.10. The van der Waals surface area contributed by atoms with Gasteiger partial charge in [-0.25, -0.2) is 8.42 Å². The minimum atomic E-state index is -4.02. The van der Waals surface area contributed by atoms with Crippen LogP contribution in [0.3, 0.4) is 0 Å². The van der Waals surface area contributed by atoms with E-state index < -0.39 is 22.5 Å². The topological polar surface area (TPSA) is 66.9 Å². The van der Waals surface area contributed by atoms with Gasteiger partial charge in [0.15, 0.2) is 0 Å². The molecule has 10 heteroatoms. The summed E-state index contributed by atoms with van der Waals surface area (Å²) in [6.45, 7) is -0.503. The number of hydrogen-bond acceptors (Lipinski definition) is 4. The van der Waals surface area contributed by atoms with Gasteiger partial charge in [0.25, 0.3) is 0 Å². The smallest absolute Gasteiger partial charge is 0.243 e. The van der Waals surface area contributed by atoms with Gasteiger partial charge < -0.3 is 9.64 Å². The average Bonchev–Trinajstić information content (AvgIpc) is 2.79. The molecule has 0 N–H and O–H groups in total. The maximum absolute atomic E-state index is 13.5. The lowest BCUT2D eigenvalue weighted by molar-refractivity contribution is -0.118. The van der Waals surface area contributed by atoms with Crippen LogP contribution in [0.1, 0.15) is 5.56 Å². The van der Waals surface area contributed by atoms with Crippen LogP contribution in [-0.2, 0) is 21.4 Å². The fraction of sp³-hybridized carbons (Fsp3) is 0.174. The van der Waals surface area contributed by atoms with Gasteiger partial charge >= 0.3 is 0 Å². The predicted octanol–water partition coefficient (Wildman–Crippen LogP) is 5.62. The van der Waals surface area contributed by atoms with Crippen LogP contribution in [0.4, 0.5) is 5.69 Å². The van der Waals surface area contributed by atoms with Gasteiger partial charge in [-0.2, -0.15) is 4.31 Å². The van der Waals surface area contributed by atoms with Crippen LogP contribution in [-0.4, -0.2) is 39.3 Å². The van der Waals surface area contributed by atoms with Gasteiger partial charge in [-0.1, -0.05) is 51.3 Å². The van der Waals surface area contributed by atoms with E-state index in [4.69, 9.17) is 27.9 Å². The first-order valence-electron chi connectivity index (χ1n) is 9.72. The van der Waals surface area contributed by atoms with Gasteiger partial charge in [-0.15, -0.1) is 0 Å². The second-order valence-electron chi connectivity index (χ2n) is 7.12. The molecule has 0 atom stereocenters. The number of amides is 1. The van der Waals surface area contributed by atoms with E-state index in [1.807, 2.05) is 0 Å². The van der Waals surface area contributed by atoms with Gasteiger partial charge in [0.1, 0.15) is 5.75 Å². The predicted molar refractivity (Wildman–Crippen MR) is 135 cm³/mol. The number of anilines is 1. The van der Waals surface area contributed by atoms with E-state index in [2.05, 4.69) is 15.9 Å². The Bertz CT molecular complexity index is 1250. The Hall–Kier alpha value is -2.10. The molecule has 0 aliphatic heterocycles. The largest absolute Gasteiger partial charge is 0.497 e. The average molecular weight is 572 g/mol. The van der Waals surface area contributed by atoms with Crippen molar-refractivity contribution in [1.29, 1.82) is 0 Å². The van der Waals surface area contributed by atoms with Crippen molar-refractivity contribution in [1.82, 2.24) is 4.31 Å². The third-order valence-corrected chi connectivity index (χ3v) is 7.86. The highest BCUT2D eigenvalue weighted by atomic mass is 79.9. The van der Waals surface area contributed by atoms with E-state index in [0.29, 0.717) is 27.0 Å². The van der Waals surface area contributed by atoms with Gasteiger partial charge in [-0.3, -0.25) is 4.79 Å². The van der Waals surface area contributed by atoms with E-state index in [0.717, 1.165) is 8.78 Å². The summed E-state index contributed by atoms with van der Waals surface area (Å²) < 4.78 is 34.0. The summed E-state index contributed by atoms with van der Waals surface area (Å²) in [5.41, 5.74) is 1.10. The molecule has 174 valence electrons. The van der Waals surface area contributed by atoms with Crippen LogP contribution in [0.25, 0.3) is 0 Å². The maximum Gasteiger partial charge on any atom is 0.243 e. The molecule has 0 aliphatic rings. The van der Waals surface area contributed by atoms with Crippen molar-refractivity contribution in [3.05, 3.63) is 86.8 Å². The van der Waals surface area contributed by atoms with Crippen molar-refractivity contribution in [2.24, 2.45) is 0 Å². The summed E-state index contributed by atoms with van der Waals surface area (Å²) >= 11 is 15.6. The lowest BCUT2D eigenvalue weighted by atomic mass is 10.2. The third-order valence-electron chi connectivity index (χ3n) is 4.94. The van der Waals surface area contributed by atoms with Crippen LogP contribution in [0, 0.1) is 0 Å². The lowest BCUT2D eigenvalue weighted by Gasteiger charge is -2.25. The molecule has 3 aromatic rings. The molecule has 0 unspecified atom stereocenters. The lowest BCUT2D eigenvalue weighted by Crippen LogP contribution is -2.41. The number of ether oxygens (including phenoxy) is 1. The minimum absolute atomic E-state index is 0.0626. The molecular formula is C23H21BrCl2N2O4S. The normalized spacial score (nSPS) is 11.5. The van der Waals surface area contributed by atoms with E-state index in [9.17, 15) is 13.2 Å². The molecule has 0 radical (unpaired) electrons. The van der Waals surface area contributed by atoms with Crippen LogP contribution in [0.2, 0.25) is 10.0 Å². The van der Waals surface area contributed by atoms with Gasteiger partial charge in [0.05, 0.1) is 18.6 Å². The van der Waals surface area contributed by atoms with E-state index in [1.54, 1.807) is 55.6 Å². The van der Waals surface area contributed by atoms with Crippen molar-refractivity contribution < 1.29 is 17.9 Å². The number of hydrogen-bond donors (Lipinski definition) is 0. The molecule has 6 nitrogen and oxygen atoms in total. The van der Waals surface area contributed by atoms with Crippen molar-refractivity contribution >= 4 is 60.7 Å². The SMILES string of the molecule is COc1cccc(N(C)C(=O)CN(Cc2ccc(Cl)cc2Cl)S(=O)(=O)c2ccc(Br)cc2)c1. The quantitative estimate of drug-likeness (QED) is 0.352. The molecule has 0 saturated heterocycles. The molecule has 0 saturated carbocycles. The van der Waals surface area contributed by atoms with Crippen LogP contribution in [0.15, 0.2) is 76.1 Å². The van der Waals surface area contributed by atoms with Gasteiger partial charge in [-0.05, 0) is 54.1 Å². The van der Waals surface area contributed by atoms with E-state index in [1.165, 1.54) is 30.2 Å². The summed E-state index contributed by atoms with van der Waals surface area (Å²) in [7, 11) is -0.907. The van der Waals surface area contributed by atoms with Crippen molar-refractivity contribution in [2.75, 3.05) is 25.6 Å². The number of likely N-dealkylation sites (N-methyl/N-ethyl adjacent to an activating group) is 1. The third kappa shape index (κ3) is 6.28. The zero-order chi connectivity index (χ0) is 24.2. The number of carbonyl (C=O) groups excluding carboxylic acids is 1. The second kappa shape index (κ2) is 10.9. The molecule has 0 aliphatic carbocycles. The molecule has 33 heavy (non-hydrogen) atoms. The van der Waals surface area contributed by atoms with Crippen molar-refractivity contribution in [3.63, 3.8) is 0 Å². The zero-order valence-corrected chi connectivity index (χ0v) is 21.7. The summed E-state index contributed by atoms with van der Waals surface area (Å²) in [4.78, 5) is 14.6. The second-order valence-corrected chi connectivity index (χ2v) is 10.8. The summed E-state index contributed by atoms with van der Waals surface area (Å²) in [6, 6.07) is 18.0. The Morgan fingerprint density at radius 3 is 2.36 bits per heavy atom. The van der Waals surface area contributed by atoms with Crippen LogP contribution < -0.4 is 9.64 Å². The fourth-order valence-corrected chi connectivity index (χ4v) is 5.14. The maximum atomic E-state index is 13.5. The number of nitrogens with zero attached hydrogens (tertiary/aromatic N) is 2. The number of sulfonamides is 1. The summed E-state index contributed by atoms with van der Waals surface area (Å²) in [6.07, 6.45) is 0. The number of benzene rings is 3. The summed E-state index contributed by atoms with van der Waals surface area (Å²) in [5.74, 6) is 0.161. The van der Waals surface area contributed by atoms with Gasteiger partial charge in [0, 0.05) is 39.9 Å². The van der Waals surface area contributed by atoms with Crippen molar-refractivity contribution in [2.45, 2.75) is 11.4 Å². The first-order valence-corrected chi connectivity index (χ1v) is 12.7. The molecule has 0 fully saturated rings. The highest BCUT2D eigenvalue weighted by Gasteiger charge is 2.29. The molecule has 0 heterocycles. The highest BCUT2D eigenvalue weighted by Crippen LogP contribution is 2.27. The molecule has 0 spiro atoms. The first-order chi connectivity index (χ1) is 15.6. The number of rotatable bonds is 8. The number of carbonyl (C=O) groups is 1. The monoisotopic (exact) mass is 570 g/mol. The summed E-state index contributed by atoms with van der Waals surface area (Å²) in [5, 5.41) is 0.743. The van der Waals surface area contributed by atoms with Crippen LogP contribution in [0.5, 0.6) is 5.75 Å². The van der Waals surface area contributed by atoms with Gasteiger partial charge in [0.2, 0.25) is 15.9 Å². The van der Waals surface area contributed by atoms with E-state index >= 15 is 0 Å². The molecule has 0 bridgehead atoms. The minimum Gasteiger partial charge on any atom is -0.497 e. The zero-order valence-electron chi connectivity index (χ0n) is 17.8. The molecule has 1 amide bonds. The Balaban J connectivity index is 1.95. The number of methoxy groups -OCH3 is 1. The molecule has 0 aromatic heterocycles. The Morgan fingerprint density at radius 1 is 1.03 bits per heavy atom. The fourth-order valence-electron chi connectivity index (χ4n) is 3.04. The Morgan fingerprint density at radius 2 is 1.73 bits per heavy atom. The molecule has 3 aromatic carbocycles. The number of halogens is 3. The Kier molecular flexibility index (Phi) is 8.42. The van der Waals surface area contributed by atoms with Crippen molar-refractivity contribution in [3.8, 4) is 5.75 Å². The molecular weight excluding hydrogens is 551 g/mol. The Labute approximate surface area is 211 Å². The standard InChI is InChI=1S/C23H21BrCl2N2O4S/c1-27(19-4-3-5-20(13-19)32-2)23(29)15-28(14-16-6-9-18(25)12-22(16)26)33(30,31)21-10-7-17(24)8-11-21/h3-13H,14-15H2,1-2H3.